The van der Waals surface area contributed by atoms with E-state index in [0.717, 1.165) is 44.1 Å². The van der Waals surface area contributed by atoms with Gasteiger partial charge in [-0.2, -0.15) is 0 Å². The number of imidazole rings is 1. The van der Waals surface area contributed by atoms with Gasteiger partial charge in [0.2, 0.25) is 0 Å². The van der Waals surface area contributed by atoms with E-state index in [2.05, 4.69) is 50.5 Å². The minimum atomic E-state index is -0.139. The zero-order chi connectivity index (χ0) is 16.7. The highest BCUT2D eigenvalue weighted by Crippen LogP contribution is 2.26. The van der Waals surface area contributed by atoms with Crippen LogP contribution in [-0.2, 0) is 6.54 Å². The van der Waals surface area contributed by atoms with Crippen molar-refractivity contribution in [1.29, 1.82) is 0 Å². The highest BCUT2D eigenvalue weighted by atomic mass is 16.3. The molecule has 5 nitrogen and oxygen atoms in total. The van der Waals surface area contributed by atoms with Crippen LogP contribution in [0.5, 0.6) is 0 Å². The maximum absolute atomic E-state index is 9.90. The van der Waals surface area contributed by atoms with Gasteiger partial charge in [-0.3, -0.25) is 9.80 Å². The van der Waals surface area contributed by atoms with Crippen molar-refractivity contribution >= 4 is 0 Å². The molecular weight excluding hydrogens is 300 g/mol. The van der Waals surface area contributed by atoms with E-state index in [-0.39, 0.29) is 6.10 Å². The van der Waals surface area contributed by atoms with Crippen LogP contribution in [0.4, 0.5) is 0 Å². The third kappa shape index (κ3) is 2.99. The van der Waals surface area contributed by atoms with Crippen LogP contribution in [0.25, 0.3) is 5.69 Å². The second-order valence-electron chi connectivity index (χ2n) is 7.29. The first kappa shape index (κ1) is 15.8. The molecule has 2 fully saturated rings. The molecule has 2 aliphatic heterocycles. The maximum Gasteiger partial charge on any atom is 0.110 e. The lowest BCUT2D eigenvalue weighted by atomic mass is 10.1. The third-order valence-electron chi connectivity index (χ3n) is 5.50. The summed E-state index contributed by atoms with van der Waals surface area (Å²) in [6.45, 7) is 8.26. The molecule has 0 saturated carbocycles. The van der Waals surface area contributed by atoms with Crippen molar-refractivity contribution in [2.24, 2.45) is 0 Å². The van der Waals surface area contributed by atoms with Crippen molar-refractivity contribution in [3.05, 3.63) is 48.0 Å². The zero-order valence-electron chi connectivity index (χ0n) is 14.5. The summed E-state index contributed by atoms with van der Waals surface area (Å²) < 4.78 is 2.10. The predicted molar refractivity (Wildman–Crippen MR) is 94.2 cm³/mol. The van der Waals surface area contributed by atoms with E-state index in [1.165, 1.54) is 5.56 Å². The van der Waals surface area contributed by atoms with Crippen molar-refractivity contribution in [3.8, 4) is 5.69 Å². The standard InChI is InChI=1S/C19H26N4O/c1-14-10-22-13-19(24)9-18(22)12-21(14)11-16-3-5-17(6-4-16)23-8-7-20-15(23)2/h3-8,14,18-19,24H,9-13H2,1-2H3/t14-,18-,19+/m0/s1. The molecule has 2 saturated heterocycles. The largest absolute Gasteiger partial charge is 0.392 e. The van der Waals surface area contributed by atoms with Gasteiger partial charge in [-0.15, -0.1) is 0 Å². The molecule has 1 aromatic carbocycles. The highest BCUT2D eigenvalue weighted by molar-refractivity contribution is 5.35. The molecular formula is C19H26N4O. The minimum Gasteiger partial charge on any atom is -0.392 e. The van der Waals surface area contributed by atoms with Crippen LogP contribution in [-0.4, -0.2) is 62.3 Å². The van der Waals surface area contributed by atoms with Crippen LogP contribution >= 0.6 is 0 Å². The average Bonchev–Trinajstić information content (AvgIpc) is 3.13. The lowest BCUT2D eigenvalue weighted by Crippen LogP contribution is -2.54. The van der Waals surface area contributed by atoms with Crippen LogP contribution in [0.15, 0.2) is 36.7 Å². The zero-order valence-corrected chi connectivity index (χ0v) is 14.5. The lowest BCUT2D eigenvalue weighted by Gasteiger charge is -2.42. The molecule has 2 aliphatic rings. The second kappa shape index (κ2) is 6.31. The summed E-state index contributed by atoms with van der Waals surface area (Å²) >= 11 is 0. The first-order valence-corrected chi connectivity index (χ1v) is 8.85. The number of piperazine rings is 1. The fourth-order valence-electron chi connectivity index (χ4n) is 4.14. The van der Waals surface area contributed by atoms with Crippen molar-refractivity contribution in [2.45, 2.75) is 45.0 Å². The van der Waals surface area contributed by atoms with E-state index in [9.17, 15) is 5.11 Å². The van der Waals surface area contributed by atoms with E-state index in [1.54, 1.807) is 0 Å². The molecule has 1 N–H and O–H groups in total. The lowest BCUT2D eigenvalue weighted by molar-refractivity contribution is 0.0528. The van der Waals surface area contributed by atoms with E-state index >= 15 is 0 Å². The Morgan fingerprint density at radius 1 is 1.17 bits per heavy atom. The fraction of sp³-hybridized carbons (Fsp3) is 0.526. The van der Waals surface area contributed by atoms with Gasteiger partial charge in [0.1, 0.15) is 5.82 Å². The van der Waals surface area contributed by atoms with Gasteiger partial charge >= 0.3 is 0 Å². The Bertz CT molecular complexity index is 696. The van der Waals surface area contributed by atoms with Gasteiger partial charge in [0.15, 0.2) is 0 Å². The van der Waals surface area contributed by atoms with E-state index in [4.69, 9.17) is 0 Å². The summed E-state index contributed by atoms with van der Waals surface area (Å²) in [6, 6.07) is 9.83. The second-order valence-corrected chi connectivity index (χ2v) is 7.29. The first-order chi connectivity index (χ1) is 11.6. The molecule has 24 heavy (non-hydrogen) atoms. The van der Waals surface area contributed by atoms with Crippen LogP contribution in [0.3, 0.4) is 0 Å². The number of aliphatic hydroxyl groups excluding tert-OH is 1. The average molecular weight is 326 g/mol. The molecule has 2 aromatic rings. The van der Waals surface area contributed by atoms with E-state index < -0.39 is 0 Å². The normalized spacial score (nSPS) is 28.2. The number of aliphatic hydroxyl groups is 1. The summed E-state index contributed by atoms with van der Waals surface area (Å²) in [7, 11) is 0. The van der Waals surface area contributed by atoms with Crippen molar-refractivity contribution < 1.29 is 5.11 Å². The summed E-state index contributed by atoms with van der Waals surface area (Å²) in [4.78, 5) is 9.29. The minimum absolute atomic E-state index is 0.139. The molecule has 3 atom stereocenters. The van der Waals surface area contributed by atoms with Crippen molar-refractivity contribution in [1.82, 2.24) is 19.4 Å². The fourth-order valence-corrected chi connectivity index (χ4v) is 4.14. The van der Waals surface area contributed by atoms with Crippen LogP contribution in [0.1, 0.15) is 24.7 Å². The molecule has 5 heteroatoms. The van der Waals surface area contributed by atoms with Gasteiger partial charge < -0.3 is 9.67 Å². The SMILES string of the molecule is Cc1nccn1-c1ccc(CN2C[C@@H]3C[C@@H](O)CN3C[C@@H]2C)cc1. The number of fused-ring (bicyclic) bond motifs is 1. The molecule has 4 rings (SSSR count). The molecule has 0 radical (unpaired) electrons. The molecule has 1 aromatic heterocycles. The number of rotatable bonds is 3. The van der Waals surface area contributed by atoms with Gasteiger partial charge in [0.05, 0.1) is 6.10 Å². The smallest absolute Gasteiger partial charge is 0.110 e. The van der Waals surface area contributed by atoms with E-state index in [1.807, 2.05) is 19.3 Å². The number of benzene rings is 1. The number of hydrogen-bond donors (Lipinski definition) is 1. The number of aryl methyl sites for hydroxylation is 1. The van der Waals surface area contributed by atoms with Gasteiger partial charge in [-0.1, -0.05) is 12.1 Å². The highest BCUT2D eigenvalue weighted by Gasteiger charge is 2.37. The molecule has 0 bridgehead atoms. The number of nitrogens with zero attached hydrogens (tertiary/aromatic N) is 4. The quantitative estimate of drug-likeness (QED) is 0.934. The summed E-state index contributed by atoms with van der Waals surface area (Å²) in [5, 5.41) is 9.90. The van der Waals surface area contributed by atoms with Crippen LogP contribution in [0, 0.1) is 6.92 Å². The summed E-state index contributed by atoms with van der Waals surface area (Å²) in [5.74, 6) is 1.01. The molecule has 0 unspecified atom stereocenters. The Labute approximate surface area is 143 Å². The molecule has 0 aliphatic carbocycles. The van der Waals surface area contributed by atoms with Crippen LogP contribution < -0.4 is 0 Å². The summed E-state index contributed by atoms with van der Waals surface area (Å²) in [6.07, 6.45) is 4.61. The Balaban J connectivity index is 1.44. The number of aromatic nitrogens is 2. The predicted octanol–water partition coefficient (Wildman–Crippen LogP) is 1.82. The van der Waals surface area contributed by atoms with Gasteiger partial charge in [-0.25, -0.2) is 4.98 Å². The van der Waals surface area contributed by atoms with Gasteiger partial charge in [0, 0.05) is 56.3 Å². The Morgan fingerprint density at radius 3 is 2.67 bits per heavy atom. The van der Waals surface area contributed by atoms with Crippen LogP contribution in [0.2, 0.25) is 0 Å². The van der Waals surface area contributed by atoms with Crippen molar-refractivity contribution in [2.75, 3.05) is 19.6 Å². The van der Waals surface area contributed by atoms with Crippen molar-refractivity contribution in [3.63, 3.8) is 0 Å². The number of hydrogen-bond acceptors (Lipinski definition) is 4. The first-order valence-electron chi connectivity index (χ1n) is 8.85. The molecule has 0 spiro atoms. The maximum atomic E-state index is 9.90. The monoisotopic (exact) mass is 326 g/mol. The molecule has 128 valence electrons. The van der Waals surface area contributed by atoms with Gasteiger partial charge in [0.25, 0.3) is 0 Å². The molecule has 0 amide bonds. The van der Waals surface area contributed by atoms with E-state index in [0.29, 0.717) is 12.1 Å². The third-order valence-corrected chi connectivity index (χ3v) is 5.50. The Morgan fingerprint density at radius 2 is 1.96 bits per heavy atom. The van der Waals surface area contributed by atoms with Gasteiger partial charge in [-0.05, 0) is 38.0 Å². The summed E-state index contributed by atoms with van der Waals surface area (Å²) in [5.41, 5.74) is 2.50. The molecule has 3 heterocycles. The Hall–Kier alpha value is -1.69. The topological polar surface area (TPSA) is 44.5 Å². The Kier molecular flexibility index (Phi) is 4.16.